The molecule has 3 aliphatic rings. The Morgan fingerprint density at radius 2 is 2.00 bits per heavy atom. The third kappa shape index (κ3) is 4.46. The Balaban J connectivity index is 1.12. The lowest BCUT2D eigenvalue weighted by atomic mass is 9.73. The van der Waals surface area contributed by atoms with Crippen LogP contribution in [0.2, 0.25) is 5.02 Å². The molecule has 1 saturated heterocycles. The topological polar surface area (TPSA) is 83.5 Å². The van der Waals surface area contributed by atoms with Gasteiger partial charge in [0.25, 0.3) is 0 Å². The summed E-state index contributed by atoms with van der Waals surface area (Å²) >= 11 is 8.25. The Hall–Kier alpha value is -3.01. The molecule has 2 aliphatic heterocycles. The summed E-state index contributed by atoms with van der Waals surface area (Å²) in [6.45, 7) is 6.08. The van der Waals surface area contributed by atoms with Crippen LogP contribution in [0.1, 0.15) is 42.1 Å². The van der Waals surface area contributed by atoms with Crippen molar-refractivity contribution in [3.8, 4) is 0 Å². The van der Waals surface area contributed by atoms with Crippen LogP contribution in [0.15, 0.2) is 64.3 Å². The summed E-state index contributed by atoms with van der Waals surface area (Å²) in [5, 5.41) is 1.32. The maximum Gasteiger partial charge on any atom is 0.147 e. The van der Waals surface area contributed by atoms with Crippen molar-refractivity contribution in [2.45, 2.75) is 41.6 Å². The van der Waals surface area contributed by atoms with Crippen LogP contribution in [-0.2, 0) is 6.42 Å². The normalized spacial score (nSPS) is 19.7. The standard InChI is InChI=1S/C28H29ClFN7S/c1-18-25-20(35-17-37(18)11-3-9-30)5-6-22(26(25)29)38-24-16-33-23(15-34-24)36-12-7-28(8-13-36)14-21-19(27(28)31)4-2-10-32-21/h2,4-6,10,15-17,27H,1,3,7-9,11-14,31H2. The second kappa shape index (κ2) is 10.3. The molecular weight excluding hydrogens is 521 g/mol. The van der Waals surface area contributed by atoms with E-state index in [1.807, 2.05) is 35.5 Å². The summed E-state index contributed by atoms with van der Waals surface area (Å²) in [7, 11) is 0. The number of rotatable bonds is 6. The zero-order valence-electron chi connectivity index (χ0n) is 21.0. The number of aromatic nitrogens is 3. The summed E-state index contributed by atoms with van der Waals surface area (Å²) < 4.78 is 12.7. The predicted octanol–water partition coefficient (Wildman–Crippen LogP) is 5.82. The van der Waals surface area contributed by atoms with Crippen LogP contribution >= 0.6 is 23.4 Å². The molecule has 0 bridgehead atoms. The van der Waals surface area contributed by atoms with Crippen molar-refractivity contribution in [1.29, 1.82) is 0 Å². The van der Waals surface area contributed by atoms with Crippen LogP contribution in [0.5, 0.6) is 0 Å². The van der Waals surface area contributed by atoms with E-state index in [0.717, 1.165) is 70.7 Å². The number of piperidine rings is 1. The Kier molecular flexibility index (Phi) is 6.84. The average Bonchev–Trinajstić information content (AvgIpc) is 3.21. The molecule has 1 aliphatic carbocycles. The van der Waals surface area contributed by atoms with Crippen LogP contribution in [0.25, 0.3) is 5.70 Å². The van der Waals surface area contributed by atoms with Crippen LogP contribution in [0.3, 0.4) is 0 Å². The van der Waals surface area contributed by atoms with Gasteiger partial charge in [-0.2, -0.15) is 0 Å². The van der Waals surface area contributed by atoms with Gasteiger partial charge in [0.15, 0.2) is 0 Å². The second-order valence-corrected chi connectivity index (χ2v) is 11.5. The van der Waals surface area contributed by atoms with E-state index >= 15 is 0 Å². The third-order valence-corrected chi connectivity index (χ3v) is 9.43. The molecule has 10 heteroatoms. The van der Waals surface area contributed by atoms with Crippen molar-refractivity contribution in [3.63, 3.8) is 0 Å². The molecule has 4 heterocycles. The molecule has 1 atom stereocenters. The van der Waals surface area contributed by atoms with Gasteiger partial charge in [-0.3, -0.25) is 9.37 Å². The van der Waals surface area contributed by atoms with Gasteiger partial charge in [-0.15, -0.1) is 0 Å². The van der Waals surface area contributed by atoms with Gasteiger partial charge in [0.05, 0.1) is 36.1 Å². The molecule has 0 radical (unpaired) electrons. The quantitative estimate of drug-likeness (QED) is 0.414. The maximum atomic E-state index is 12.7. The third-order valence-electron chi connectivity index (χ3n) is 7.94. The summed E-state index contributed by atoms with van der Waals surface area (Å²) in [6.07, 6.45) is 10.5. The molecule has 7 nitrogen and oxygen atoms in total. The zero-order chi connectivity index (χ0) is 26.3. The van der Waals surface area contributed by atoms with E-state index in [1.165, 1.54) is 17.3 Å². The number of aliphatic imine (C=N–C) groups is 1. The van der Waals surface area contributed by atoms with Crippen molar-refractivity contribution < 1.29 is 4.39 Å². The van der Waals surface area contributed by atoms with Gasteiger partial charge in [-0.05, 0) is 54.9 Å². The van der Waals surface area contributed by atoms with E-state index in [4.69, 9.17) is 22.3 Å². The molecule has 38 heavy (non-hydrogen) atoms. The van der Waals surface area contributed by atoms with Crippen molar-refractivity contribution in [2.75, 3.05) is 31.2 Å². The fourth-order valence-corrected chi connectivity index (χ4v) is 6.89. The minimum absolute atomic E-state index is 0.0390. The smallest absolute Gasteiger partial charge is 0.147 e. The fourth-order valence-electron chi connectivity index (χ4n) is 5.74. The number of halogens is 2. The van der Waals surface area contributed by atoms with Gasteiger partial charge >= 0.3 is 0 Å². The van der Waals surface area contributed by atoms with E-state index in [-0.39, 0.29) is 18.1 Å². The van der Waals surface area contributed by atoms with E-state index in [0.29, 0.717) is 18.0 Å². The number of anilines is 1. The van der Waals surface area contributed by atoms with Gasteiger partial charge in [0.2, 0.25) is 0 Å². The zero-order valence-corrected chi connectivity index (χ0v) is 22.6. The van der Waals surface area contributed by atoms with Crippen molar-refractivity contribution in [2.24, 2.45) is 16.1 Å². The molecule has 196 valence electrons. The highest BCUT2D eigenvalue weighted by Crippen LogP contribution is 2.50. The molecule has 1 spiro atoms. The van der Waals surface area contributed by atoms with Gasteiger partial charge in [-0.1, -0.05) is 36.0 Å². The van der Waals surface area contributed by atoms with Gasteiger partial charge in [0, 0.05) is 53.7 Å². The Labute approximate surface area is 231 Å². The van der Waals surface area contributed by atoms with Gasteiger partial charge < -0.3 is 15.5 Å². The molecule has 2 N–H and O–H groups in total. The SMILES string of the molecule is C=C1c2c(ccc(Sc3cnc(N4CCC5(CC4)Cc4ncccc4C5N)cn3)c2Cl)N=CN1CCCF. The summed E-state index contributed by atoms with van der Waals surface area (Å²) in [5.74, 6) is 0.870. The lowest BCUT2D eigenvalue weighted by molar-refractivity contribution is 0.186. The number of hydrogen-bond acceptors (Lipinski definition) is 8. The first-order valence-corrected chi connectivity index (χ1v) is 14.0. The number of fused-ring (bicyclic) bond motifs is 2. The molecule has 2 aromatic heterocycles. The minimum atomic E-state index is -0.389. The second-order valence-electron chi connectivity index (χ2n) is 10.1. The molecule has 6 rings (SSSR count). The monoisotopic (exact) mass is 549 g/mol. The van der Waals surface area contributed by atoms with Crippen molar-refractivity contribution in [1.82, 2.24) is 19.9 Å². The molecule has 0 saturated carbocycles. The highest BCUT2D eigenvalue weighted by atomic mass is 35.5. The lowest BCUT2D eigenvalue weighted by Gasteiger charge is -2.42. The highest BCUT2D eigenvalue weighted by molar-refractivity contribution is 7.99. The number of nitrogens with two attached hydrogens (primary N) is 1. The molecule has 1 unspecified atom stereocenters. The Bertz CT molecular complexity index is 1390. The van der Waals surface area contributed by atoms with Crippen molar-refractivity contribution in [3.05, 3.63) is 71.3 Å². The van der Waals surface area contributed by atoms with Crippen LogP contribution < -0.4 is 10.6 Å². The van der Waals surface area contributed by atoms with Gasteiger partial charge in [-0.25, -0.2) is 15.0 Å². The number of alkyl halides is 1. The molecule has 0 amide bonds. The van der Waals surface area contributed by atoms with E-state index in [1.54, 1.807) is 12.5 Å². The Morgan fingerprint density at radius 3 is 2.74 bits per heavy atom. The van der Waals surface area contributed by atoms with Crippen LogP contribution in [-0.4, -0.2) is 52.5 Å². The predicted molar refractivity (Wildman–Crippen MR) is 151 cm³/mol. The van der Waals surface area contributed by atoms with E-state index in [9.17, 15) is 4.39 Å². The maximum absolute atomic E-state index is 12.7. The number of benzene rings is 1. The first kappa shape index (κ1) is 25.3. The summed E-state index contributed by atoms with van der Waals surface area (Å²) in [6, 6.07) is 8.00. The Morgan fingerprint density at radius 1 is 1.16 bits per heavy atom. The average molecular weight is 550 g/mol. The fraction of sp³-hybridized carbons (Fsp3) is 0.357. The number of pyridine rings is 1. The van der Waals surface area contributed by atoms with Crippen molar-refractivity contribution >= 4 is 46.9 Å². The van der Waals surface area contributed by atoms with Gasteiger partial charge in [0.1, 0.15) is 10.8 Å². The largest absolute Gasteiger partial charge is 0.355 e. The molecule has 3 aromatic rings. The molecular formula is C28H29ClFN7S. The minimum Gasteiger partial charge on any atom is -0.355 e. The van der Waals surface area contributed by atoms with Crippen LogP contribution in [0, 0.1) is 5.41 Å². The van der Waals surface area contributed by atoms with E-state index < -0.39 is 0 Å². The summed E-state index contributed by atoms with van der Waals surface area (Å²) in [5.41, 5.74) is 11.4. The highest BCUT2D eigenvalue weighted by Gasteiger charge is 2.46. The first-order valence-electron chi connectivity index (χ1n) is 12.8. The summed E-state index contributed by atoms with van der Waals surface area (Å²) in [4.78, 5) is 23.4. The van der Waals surface area contributed by atoms with E-state index in [2.05, 4.69) is 32.5 Å². The molecule has 1 fully saturated rings. The number of nitrogens with zero attached hydrogens (tertiary/aromatic N) is 6. The molecule has 1 aromatic carbocycles. The lowest BCUT2D eigenvalue weighted by Crippen LogP contribution is -2.44. The first-order chi connectivity index (χ1) is 18.5. The van der Waals surface area contributed by atoms with Crippen LogP contribution in [0.4, 0.5) is 15.9 Å². The number of hydrogen-bond donors (Lipinski definition) is 1.